The van der Waals surface area contributed by atoms with Crippen molar-refractivity contribution in [3.05, 3.63) is 0 Å². The van der Waals surface area contributed by atoms with Crippen molar-refractivity contribution in [3.63, 3.8) is 0 Å². The molecule has 2 nitrogen and oxygen atoms in total. The molecule has 1 fully saturated rings. The molecule has 0 radical (unpaired) electrons. The van der Waals surface area contributed by atoms with E-state index in [0.29, 0.717) is 5.75 Å². The number of hydrogen-bond acceptors (Lipinski definition) is 2. The maximum Gasteiger partial charge on any atom is 0.226 e. The van der Waals surface area contributed by atoms with Gasteiger partial charge in [0, 0.05) is 24.8 Å². The van der Waals surface area contributed by atoms with Crippen LogP contribution in [0.3, 0.4) is 0 Å². The number of nitrogens with zero attached hydrogens (tertiary/aromatic N) is 1. The number of carbonyl (C=O) groups is 1. The highest BCUT2D eigenvalue weighted by Gasteiger charge is 2.21. The third-order valence-electron chi connectivity index (χ3n) is 2.11. The molecule has 1 aliphatic rings. The molecule has 11 heavy (non-hydrogen) atoms. The van der Waals surface area contributed by atoms with Gasteiger partial charge < -0.3 is 4.90 Å². The Morgan fingerprint density at radius 2 is 2.09 bits per heavy atom. The lowest BCUT2D eigenvalue weighted by Crippen LogP contribution is -2.33. The van der Waals surface area contributed by atoms with E-state index in [-0.39, 0.29) is 11.8 Å². The van der Waals surface area contributed by atoms with E-state index in [1.54, 1.807) is 0 Å². The molecule has 0 aromatic carbocycles. The summed E-state index contributed by atoms with van der Waals surface area (Å²) in [5.41, 5.74) is 0. The molecule has 1 saturated heterocycles. The molecule has 1 amide bonds. The normalized spacial score (nSPS) is 20.4. The maximum absolute atomic E-state index is 11.5. The summed E-state index contributed by atoms with van der Waals surface area (Å²) < 4.78 is 0. The molecule has 1 heterocycles. The summed E-state index contributed by atoms with van der Waals surface area (Å²) >= 11 is 4.10. The van der Waals surface area contributed by atoms with Crippen molar-refractivity contribution in [2.24, 2.45) is 5.92 Å². The average molecular weight is 173 g/mol. The first-order chi connectivity index (χ1) is 5.25. The van der Waals surface area contributed by atoms with Gasteiger partial charge in [-0.15, -0.1) is 0 Å². The Bertz CT molecular complexity index is 143. The lowest BCUT2D eigenvalue weighted by molar-refractivity contribution is -0.133. The summed E-state index contributed by atoms with van der Waals surface area (Å²) in [6.45, 7) is 3.85. The number of amides is 1. The molecule has 0 bridgehead atoms. The zero-order valence-electron chi connectivity index (χ0n) is 6.92. The van der Waals surface area contributed by atoms with Gasteiger partial charge in [0.05, 0.1) is 0 Å². The summed E-state index contributed by atoms with van der Waals surface area (Å²) in [4.78, 5) is 13.4. The average Bonchev–Trinajstić information content (AvgIpc) is 2.53. The van der Waals surface area contributed by atoms with Gasteiger partial charge in [0.15, 0.2) is 0 Å². The highest BCUT2D eigenvalue weighted by atomic mass is 32.1. The van der Waals surface area contributed by atoms with Gasteiger partial charge in [-0.1, -0.05) is 6.92 Å². The first-order valence-corrected chi connectivity index (χ1v) is 4.78. The van der Waals surface area contributed by atoms with E-state index in [4.69, 9.17) is 0 Å². The minimum absolute atomic E-state index is 0.0939. The number of hydrogen-bond donors (Lipinski definition) is 1. The summed E-state index contributed by atoms with van der Waals surface area (Å²) in [5.74, 6) is 1.03. The zero-order chi connectivity index (χ0) is 8.27. The van der Waals surface area contributed by atoms with Crippen molar-refractivity contribution in [2.45, 2.75) is 19.8 Å². The van der Waals surface area contributed by atoms with Gasteiger partial charge in [-0.05, 0) is 12.8 Å². The summed E-state index contributed by atoms with van der Waals surface area (Å²) in [7, 11) is 0. The van der Waals surface area contributed by atoms with Crippen molar-refractivity contribution < 1.29 is 4.79 Å². The van der Waals surface area contributed by atoms with Crippen LogP contribution in [0.5, 0.6) is 0 Å². The second-order valence-electron chi connectivity index (χ2n) is 3.12. The van der Waals surface area contributed by atoms with Crippen molar-refractivity contribution in [1.29, 1.82) is 0 Å². The van der Waals surface area contributed by atoms with Crippen LogP contribution in [0.15, 0.2) is 0 Å². The highest BCUT2D eigenvalue weighted by Crippen LogP contribution is 2.12. The van der Waals surface area contributed by atoms with Crippen LogP contribution in [-0.2, 0) is 4.79 Å². The Labute approximate surface area is 73.4 Å². The van der Waals surface area contributed by atoms with E-state index in [9.17, 15) is 4.79 Å². The second kappa shape index (κ2) is 4.00. The van der Waals surface area contributed by atoms with Gasteiger partial charge in [-0.25, -0.2) is 0 Å². The second-order valence-corrected chi connectivity index (χ2v) is 3.48. The Morgan fingerprint density at radius 1 is 1.55 bits per heavy atom. The van der Waals surface area contributed by atoms with Crippen molar-refractivity contribution in [2.75, 3.05) is 18.8 Å². The van der Waals surface area contributed by atoms with Gasteiger partial charge in [0.2, 0.25) is 5.91 Å². The minimum atomic E-state index is 0.0939. The van der Waals surface area contributed by atoms with E-state index >= 15 is 0 Å². The first-order valence-electron chi connectivity index (χ1n) is 4.15. The molecule has 0 aromatic heterocycles. The third-order valence-corrected chi connectivity index (χ3v) is 2.66. The summed E-state index contributed by atoms with van der Waals surface area (Å²) in [5, 5.41) is 0. The highest BCUT2D eigenvalue weighted by molar-refractivity contribution is 7.80. The standard InChI is InChI=1S/C8H15NOS/c1-7(6-11)8(10)9-4-2-3-5-9/h7,11H,2-6H2,1H3/t7-/m1/s1. The van der Waals surface area contributed by atoms with Crippen LogP contribution >= 0.6 is 12.6 Å². The molecule has 1 rings (SSSR count). The lowest BCUT2D eigenvalue weighted by Gasteiger charge is -2.18. The Hall–Kier alpha value is -0.180. The molecule has 64 valence electrons. The van der Waals surface area contributed by atoms with E-state index in [1.165, 1.54) is 12.8 Å². The van der Waals surface area contributed by atoms with Gasteiger partial charge in [-0.3, -0.25) is 4.79 Å². The van der Waals surface area contributed by atoms with Crippen LogP contribution in [0.2, 0.25) is 0 Å². The van der Waals surface area contributed by atoms with E-state index in [1.807, 2.05) is 11.8 Å². The predicted octanol–water partition coefficient (Wildman–Crippen LogP) is 1.17. The van der Waals surface area contributed by atoms with Crippen molar-refractivity contribution in [3.8, 4) is 0 Å². The van der Waals surface area contributed by atoms with Crippen molar-refractivity contribution in [1.82, 2.24) is 4.90 Å². The fourth-order valence-corrected chi connectivity index (χ4v) is 1.48. The Kier molecular flexibility index (Phi) is 3.24. The van der Waals surface area contributed by atoms with E-state index in [0.717, 1.165) is 13.1 Å². The zero-order valence-corrected chi connectivity index (χ0v) is 7.81. The quantitative estimate of drug-likeness (QED) is 0.622. The van der Waals surface area contributed by atoms with E-state index < -0.39 is 0 Å². The summed E-state index contributed by atoms with van der Waals surface area (Å²) in [6.07, 6.45) is 2.34. The molecule has 0 aromatic rings. The molecular weight excluding hydrogens is 158 g/mol. The van der Waals surface area contributed by atoms with Gasteiger partial charge in [0.1, 0.15) is 0 Å². The largest absolute Gasteiger partial charge is 0.342 e. The number of thiol groups is 1. The summed E-state index contributed by atoms with van der Waals surface area (Å²) in [6, 6.07) is 0. The molecule has 0 N–H and O–H groups in total. The molecular formula is C8H15NOS. The molecule has 3 heteroatoms. The number of likely N-dealkylation sites (tertiary alicyclic amines) is 1. The Morgan fingerprint density at radius 3 is 2.55 bits per heavy atom. The fourth-order valence-electron chi connectivity index (χ4n) is 1.33. The van der Waals surface area contributed by atoms with Crippen LogP contribution in [0, 0.1) is 5.92 Å². The molecule has 0 aliphatic carbocycles. The SMILES string of the molecule is C[C@H](CS)C(=O)N1CCCC1. The molecule has 0 saturated carbocycles. The van der Waals surface area contributed by atoms with Gasteiger partial charge in [0.25, 0.3) is 0 Å². The van der Waals surface area contributed by atoms with Crippen LogP contribution in [0.25, 0.3) is 0 Å². The monoisotopic (exact) mass is 173 g/mol. The van der Waals surface area contributed by atoms with Gasteiger partial charge in [-0.2, -0.15) is 12.6 Å². The van der Waals surface area contributed by atoms with Crippen molar-refractivity contribution >= 4 is 18.5 Å². The first kappa shape index (κ1) is 8.91. The maximum atomic E-state index is 11.5. The molecule has 1 aliphatic heterocycles. The lowest BCUT2D eigenvalue weighted by atomic mass is 10.2. The number of rotatable bonds is 2. The smallest absolute Gasteiger partial charge is 0.226 e. The Balaban J connectivity index is 2.39. The van der Waals surface area contributed by atoms with Crippen LogP contribution in [-0.4, -0.2) is 29.6 Å². The minimum Gasteiger partial charge on any atom is -0.342 e. The third kappa shape index (κ3) is 2.12. The molecule has 0 spiro atoms. The number of carbonyl (C=O) groups excluding carboxylic acids is 1. The molecule has 0 unspecified atom stereocenters. The van der Waals surface area contributed by atoms with Crippen LogP contribution in [0.1, 0.15) is 19.8 Å². The van der Waals surface area contributed by atoms with Gasteiger partial charge >= 0.3 is 0 Å². The predicted molar refractivity (Wildman–Crippen MR) is 48.8 cm³/mol. The van der Waals surface area contributed by atoms with E-state index in [2.05, 4.69) is 12.6 Å². The fraction of sp³-hybridized carbons (Fsp3) is 0.875. The molecule has 1 atom stereocenters. The van der Waals surface area contributed by atoms with Crippen LogP contribution < -0.4 is 0 Å². The van der Waals surface area contributed by atoms with Crippen LogP contribution in [0.4, 0.5) is 0 Å². The topological polar surface area (TPSA) is 20.3 Å².